The fourth-order valence-corrected chi connectivity index (χ4v) is 2.90. The minimum absolute atomic E-state index is 0.0152. The number of anilines is 1. The summed E-state index contributed by atoms with van der Waals surface area (Å²) in [5.74, 6) is -1.11. The van der Waals surface area contributed by atoms with Crippen LogP contribution in [0.5, 0.6) is 0 Å². The maximum atomic E-state index is 12.1. The number of nitrogens with two attached hydrogens (primary N) is 1. The van der Waals surface area contributed by atoms with Crippen LogP contribution < -0.4 is 11.1 Å². The van der Waals surface area contributed by atoms with E-state index in [0.29, 0.717) is 5.56 Å². The molecule has 0 heterocycles. The third-order valence-electron chi connectivity index (χ3n) is 2.39. The van der Waals surface area contributed by atoms with Crippen LogP contribution in [0.1, 0.15) is 19.4 Å². The van der Waals surface area contributed by atoms with Gasteiger partial charge in [-0.1, -0.05) is 12.1 Å². The number of rotatable bonds is 4. The molecule has 100 valence electrons. The van der Waals surface area contributed by atoms with E-state index in [4.69, 9.17) is 5.73 Å². The van der Waals surface area contributed by atoms with Crippen molar-refractivity contribution in [2.75, 3.05) is 11.5 Å². The highest BCUT2D eigenvalue weighted by Gasteiger charge is 2.22. The number of nitrogen functional groups attached to an aromatic ring is 1. The van der Waals surface area contributed by atoms with Crippen LogP contribution in [0.3, 0.4) is 0 Å². The van der Waals surface area contributed by atoms with E-state index in [1.807, 2.05) is 0 Å². The van der Waals surface area contributed by atoms with Crippen molar-refractivity contribution in [3.05, 3.63) is 23.8 Å². The minimum Gasteiger partial charge on any atom is -0.397 e. The van der Waals surface area contributed by atoms with Gasteiger partial charge in [0.15, 0.2) is 9.84 Å². The Labute approximate surface area is 107 Å². The number of hydrogen-bond donors (Lipinski definition) is 2. The van der Waals surface area contributed by atoms with Crippen molar-refractivity contribution < 1.29 is 13.2 Å². The molecule has 1 rings (SSSR count). The van der Waals surface area contributed by atoms with E-state index in [-0.39, 0.29) is 16.6 Å². The summed E-state index contributed by atoms with van der Waals surface area (Å²) in [6.07, 6.45) is 0. The molecular weight excluding hydrogens is 252 g/mol. The first-order valence-electron chi connectivity index (χ1n) is 5.61. The first-order valence-corrected chi connectivity index (χ1v) is 7.26. The van der Waals surface area contributed by atoms with E-state index in [2.05, 4.69) is 5.32 Å². The zero-order valence-electron chi connectivity index (χ0n) is 10.7. The lowest BCUT2D eigenvalue weighted by molar-refractivity contribution is -0.119. The van der Waals surface area contributed by atoms with Crippen LogP contribution in [-0.2, 0) is 14.6 Å². The van der Waals surface area contributed by atoms with Crippen LogP contribution in [0.15, 0.2) is 23.1 Å². The molecule has 0 saturated carbocycles. The van der Waals surface area contributed by atoms with Gasteiger partial charge < -0.3 is 11.1 Å². The van der Waals surface area contributed by atoms with Crippen LogP contribution >= 0.6 is 0 Å². The molecule has 0 radical (unpaired) electrons. The van der Waals surface area contributed by atoms with Crippen LogP contribution in [0.25, 0.3) is 0 Å². The SMILES string of the molecule is Cc1cccc(S(=O)(=O)CC(=O)NC(C)C)c1N. The van der Waals surface area contributed by atoms with Gasteiger partial charge in [0, 0.05) is 6.04 Å². The average Bonchev–Trinajstić information content (AvgIpc) is 2.19. The number of aryl methyl sites for hydroxylation is 1. The number of nitrogens with one attached hydrogen (secondary N) is 1. The average molecular weight is 270 g/mol. The maximum absolute atomic E-state index is 12.1. The Kier molecular flexibility index (Phi) is 4.34. The summed E-state index contributed by atoms with van der Waals surface area (Å²) in [4.78, 5) is 11.5. The summed E-state index contributed by atoms with van der Waals surface area (Å²) in [7, 11) is -3.70. The highest BCUT2D eigenvalue weighted by atomic mass is 32.2. The molecule has 0 aliphatic rings. The van der Waals surface area contributed by atoms with Crippen molar-refractivity contribution in [1.82, 2.24) is 5.32 Å². The van der Waals surface area contributed by atoms with Crippen molar-refractivity contribution in [2.45, 2.75) is 31.7 Å². The van der Waals surface area contributed by atoms with Gasteiger partial charge in [0.2, 0.25) is 5.91 Å². The standard InChI is InChI=1S/C12H18N2O3S/c1-8(2)14-11(15)7-18(16,17)10-6-4-5-9(3)12(10)13/h4-6,8H,7,13H2,1-3H3,(H,14,15). The maximum Gasteiger partial charge on any atom is 0.235 e. The number of benzene rings is 1. The van der Waals surface area contributed by atoms with Crippen molar-refractivity contribution >= 4 is 21.4 Å². The topological polar surface area (TPSA) is 89.3 Å². The molecule has 0 spiro atoms. The van der Waals surface area contributed by atoms with E-state index in [0.717, 1.165) is 0 Å². The van der Waals surface area contributed by atoms with Gasteiger partial charge in [-0.15, -0.1) is 0 Å². The summed E-state index contributed by atoms with van der Waals surface area (Å²) in [5.41, 5.74) is 6.62. The molecule has 1 aromatic rings. The van der Waals surface area contributed by atoms with Crippen LogP contribution in [0.4, 0.5) is 5.69 Å². The predicted molar refractivity (Wildman–Crippen MR) is 70.9 cm³/mol. The lowest BCUT2D eigenvalue weighted by Crippen LogP contribution is -2.35. The van der Waals surface area contributed by atoms with E-state index < -0.39 is 21.5 Å². The number of hydrogen-bond acceptors (Lipinski definition) is 4. The fraction of sp³-hybridized carbons (Fsp3) is 0.417. The molecule has 0 aliphatic heterocycles. The predicted octanol–water partition coefficient (Wildman–Crippen LogP) is 0.876. The van der Waals surface area contributed by atoms with Gasteiger partial charge in [0.05, 0.1) is 10.6 Å². The molecular formula is C12H18N2O3S. The molecule has 6 heteroatoms. The van der Waals surface area contributed by atoms with Gasteiger partial charge in [-0.25, -0.2) is 8.42 Å². The van der Waals surface area contributed by atoms with Gasteiger partial charge >= 0.3 is 0 Å². The molecule has 0 atom stereocenters. The Morgan fingerprint density at radius 2 is 2.00 bits per heavy atom. The van der Waals surface area contributed by atoms with E-state index >= 15 is 0 Å². The van der Waals surface area contributed by atoms with Gasteiger partial charge in [-0.05, 0) is 32.4 Å². The Hall–Kier alpha value is -1.56. The third-order valence-corrected chi connectivity index (χ3v) is 4.06. The van der Waals surface area contributed by atoms with Gasteiger partial charge in [0.25, 0.3) is 0 Å². The number of para-hydroxylation sites is 1. The second-order valence-electron chi connectivity index (χ2n) is 4.47. The summed E-state index contributed by atoms with van der Waals surface area (Å²) in [5, 5.41) is 2.54. The number of amides is 1. The highest BCUT2D eigenvalue weighted by Crippen LogP contribution is 2.22. The number of carbonyl (C=O) groups excluding carboxylic acids is 1. The quantitative estimate of drug-likeness (QED) is 0.795. The molecule has 1 aromatic carbocycles. The van der Waals surface area contributed by atoms with Gasteiger partial charge in [-0.2, -0.15) is 0 Å². The Bertz CT molecular complexity index is 550. The fourth-order valence-electron chi connectivity index (χ4n) is 1.54. The molecule has 0 bridgehead atoms. The van der Waals surface area contributed by atoms with E-state index in [9.17, 15) is 13.2 Å². The molecule has 0 aromatic heterocycles. The Morgan fingerprint density at radius 3 is 2.56 bits per heavy atom. The highest BCUT2D eigenvalue weighted by molar-refractivity contribution is 7.92. The second-order valence-corrected chi connectivity index (χ2v) is 6.43. The molecule has 3 N–H and O–H groups in total. The third kappa shape index (κ3) is 3.46. The van der Waals surface area contributed by atoms with Crippen molar-refractivity contribution in [2.24, 2.45) is 0 Å². The lowest BCUT2D eigenvalue weighted by atomic mass is 10.2. The molecule has 0 aliphatic carbocycles. The second kappa shape index (κ2) is 5.39. The molecule has 5 nitrogen and oxygen atoms in total. The summed E-state index contributed by atoms with van der Waals surface area (Å²) in [6.45, 7) is 5.26. The van der Waals surface area contributed by atoms with Gasteiger partial charge in [0.1, 0.15) is 5.75 Å². The van der Waals surface area contributed by atoms with Crippen molar-refractivity contribution in [3.63, 3.8) is 0 Å². The van der Waals surface area contributed by atoms with Crippen LogP contribution in [-0.4, -0.2) is 26.1 Å². The lowest BCUT2D eigenvalue weighted by Gasteiger charge is -2.11. The Morgan fingerprint density at radius 1 is 1.39 bits per heavy atom. The Balaban J connectivity index is 3.01. The summed E-state index contributed by atoms with van der Waals surface area (Å²) in [6, 6.07) is 4.66. The molecule has 0 fully saturated rings. The van der Waals surface area contributed by atoms with Gasteiger partial charge in [-0.3, -0.25) is 4.79 Å². The van der Waals surface area contributed by atoms with Crippen molar-refractivity contribution in [3.8, 4) is 0 Å². The zero-order valence-corrected chi connectivity index (χ0v) is 11.5. The first kappa shape index (κ1) is 14.5. The van der Waals surface area contributed by atoms with E-state index in [1.54, 1.807) is 32.9 Å². The molecule has 18 heavy (non-hydrogen) atoms. The monoisotopic (exact) mass is 270 g/mol. The van der Waals surface area contributed by atoms with Crippen molar-refractivity contribution in [1.29, 1.82) is 0 Å². The molecule has 0 unspecified atom stereocenters. The first-order chi connectivity index (χ1) is 8.24. The molecule has 1 amide bonds. The zero-order chi connectivity index (χ0) is 13.9. The molecule has 0 saturated heterocycles. The normalized spacial score (nSPS) is 11.6. The van der Waals surface area contributed by atoms with Crippen LogP contribution in [0, 0.1) is 6.92 Å². The summed E-state index contributed by atoms with van der Waals surface area (Å²) < 4.78 is 24.1. The summed E-state index contributed by atoms with van der Waals surface area (Å²) >= 11 is 0. The van der Waals surface area contributed by atoms with E-state index in [1.165, 1.54) is 6.07 Å². The number of sulfone groups is 1. The smallest absolute Gasteiger partial charge is 0.235 e. The largest absolute Gasteiger partial charge is 0.397 e. The van der Waals surface area contributed by atoms with Crippen LogP contribution in [0.2, 0.25) is 0 Å². The number of carbonyl (C=O) groups is 1. The minimum atomic E-state index is -3.70.